The zero-order chi connectivity index (χ0) is 13.4. The topological polar surface area (TPSA) is 54.5 Å². The Labute approximate surface area is 102 Å². The average Bonchev–Trinajstić information content (AvgIpc) is 2.39. The van der Waals surface area contributed by atoms with Crippen molar-refractivity contribution in [1.29, 1.82) is 0 Å². The molecule has 4 nitrogen and oxygen atoms in total. The van der Waals surface area contributed by atoms with Crippen molar-refractivity contribution in [2.75, 3.05) is 0 Å². The summed E-state index contributed by atoms with van der Waals surface area (Å²) < 4.78 is 0. The largest absolute Gasteiger partial charge is 0.303 e. The molecule has 1 rings (SSSR count). The summed E-state index contributed by atoms with van der Waals surface area (Å²) in [4.78, 5) is 36.1. The summed E-state index contributed by atoms with van der Waals surface area (Å²) in [7, 11) is 0. The van der Waals surface area contributed by atoms with Crippen LogP contribution in [-0.2, 0) is 14.4 Å². The van der Waals surface area contributed by atoms with Crippen LogP contribution in [0.15, 0.2) is 0 Å². The summed E-state index contributed by atoms with van der Waals surface area (Å²) >= 11 is 0. The van der Waals surface area contributed by atoms with Gasteiger partial charge < -0.3 is 4.79 Å². The molecule has 0 aromatic heterocycles. The van der Waals surface area contributed by atoms with Gasteiger partial charge in [0.1, 0.15) is 6.29 Å². The van der Waals surface area contributed by atoms with Crippen LogP contribution in [0.1, 0.15) is 47.5 Å². The first-order valence-electron chi connectivity index (χ1n) is 5.94. The van der Waals surface area contributed by atoms with Crippen LogP contribution in [0, 0.1) is 11.3 Å². The van der Waals surface area contributed by atoms with Crippen molar-refractivity contribution in [2.45, 2.75) is 53.0 Å². The van der Waals surface area contributed by atoms with Gasteiger partial charge in [0.2, 0.25) is 11.8 Å². The number of nitrogens with zero attached hydrogens (tertiary/aromatic N) is 1. The van der Waals surface area contributed by atoms with Crippen LogP contribution < -0.4 is 0 Å². The second kappa shape index (κ2) is 4.24. The highest BCUT2D eigenvalue weighted by Gasteiger charge is 2.45. The van der Waals surface area contributed by atoms with E-state index in [-0.39, 0.29) is 24.2 Å². The number of carbonyl (C=O) groups is 3. The molecule has 96 valence electrons. The first-order chi connectivity index (χ1) is 7.60. The number of imide groups is 1. The number of rotatable bonds is 4. The molecular formula is C13H21NO3. The van der Waals surface area contributed by atoms with Gasteiger partial charge >= 0.3 is 0 Å². The van der Waals surface area contributed by atoms with Gasteiger partial charge in [-0.25, -0.2) is 0 Å². The summed E-state index contributed by atoms with van der Waals surface area (Å²) in [5.41, 5.74) is -1.14. The van der Waals surface area contributed by atoms with E-state index in [1.807, 2.05) is 27.7 Å². The van der Waals surface area contributed by atoms with E-state index in [1.54, 1.807) is 6.92 Å². The van der Waals surface area contributed by atoms with Gasteiger partial charge in [-0.1, -0.05) is 20.8 Å². The fraction of sp³-hybridized carbons (Fsp3) is 0.769. The van der Waals surface area contributed by atoms with Crippen LogP contribution in [0.25, 0.3) is 0 Å². The highest BCUT2D eigenvalue weighted by molar-refractivity contribution is 6.04. The zero-order valence-electron chi connectivity index (χ0n) is 11.2. The smallest absolute Gasteiger partial charge is 0.233 e. The van der Waals surface area contributed by atoms with Gasteiger partial charge in [-0.3, -0.25) is 14.5 Å². The van der Waals surface area contributed by atoms with E-state index in [1.165, 1.54) is 4.90 Å². The molecule has 1 heterocycles. The van der Waals surface area contributed by atoms with Crippen molar-refractivity contribution in [3.63, 3.8) is 0 Å². The molecule has 0 radical (unpaired) electrons. The van der Waals surface area contributed by atoms with E-state index in [4.69, 9.17) is 0 Å². The standard InChI is InChI=1S/C13H21NO3/c1-9-6-10(16)14(11(9)17)13(4,5)7-12(2,3)8-15/h8-9H,6-7H2,1-5H3. The molecule has 0 spiro atoms. The van der Waals surface area contributed by atoms with Crippen LogP contribution in [0.2, 0.25) is 0 Å². The van der Waals surface area contributed by atoms with Crippen molar-refractivity contribution in [1.82, 2.24) is 4.90 Å². The van der Waals surface area contributed by atoms with Crippen LogP contribution in [0.4, 0.5) is 0 Å². The van der Waals surface area contributed by atoms with E-state index < -0.39 is 11.0 Å². The quantitative estimate of drug-likeness (QED) is 0.555. The van der Waals surface area contributed by atoms with E-state index in [0.29, 0.717) is 6.42 Å². The second-order valence-corrected chi connectivity index (χ2v) is 6.27. The maximum Gasteiger partial charge on any atom is 0.233 e. The van der Waals surface area contributed by atoms with Gasteiger partial charge in [-0.2, -0.15) is 0 Å². The summed E-state index contributed by atoms with van der Waals surface area (Å²) in [6.45, 7) is 9.08. The lowest BCUT2D eigenvalue weighted by Gasteiger charge is -2.38. The Bertz CT molecular complexity index is 358. The molecule has 1 aliphatic rings. The van der Waals surface area contributed by atoms with Crippen LogP contribution in [-0.4, -0.2) is 28.5 Å². The fourth-order valence-corrected chi connectivity index (χ4v) is 2.66. The molecule has 1 aliphatic heterocycles. The van der Waals surface area contributed by atoms with E-state index in [2.05, 4.69) is 0 Å². The summed E-state index contributed by atoms with van der Waals surface area (Å²) in [6, 6.07) is 0. The molecule has 0 bridgehead atoms. The molecule has 2 amide bonds. The van der Waals surface area contributed by atoms with E-state index in [0.717, 1.165) is 6.29 Å². The Morgan fingerprint density at radius 1 is 1.29 bits per heavy atom. The molecule has 17 heavy (non-hydrogen) atoms. The number of hydrogen-bond acceptors (Lipinski definition) is 3. The Morgan fingerprint density at radius 3 is 2.18 bits per heavy atom. The van der Waals surface area contributed by atoms with Crippen molar-refractivity contribution >= 4 is 18.1 Å². The van der Waals surface area contributed by atoms with Gasteiger partial charge in [0.05, 0.1) is 0 Å². The summed E-state index contributed by atoms with van der Waals surface area (Å²) in [5, 5.41) is 0. The Balaban J connectivity index is 2.94. The van der Waals surface area contributed by atoms with E-state index >= 15 is 0 Å². The molecule has 0 aromatic rings. The van der Waals surface area contributed by atoms with Gasteiger partial charge in [0.15, 0.2) is 0 Å². The van der Waals surface area contributed by atoms with Gasteiger partial charge in [0, 0.05) is 23.3 Å². The minimum Gasteiger partial charge on any atom is -0.303 e. The van der Waals surface area contributed by atoms with Crippen LogP contribution in [0.5, 0.6) is 0 Å². The zero-order valence-corrected chi connectivity index (χ0v) is 11.2. The Hall–Kier alpha value is -1.19. The van der Waals surface area contributed by atoms with Crippen molar-refractivity contribution in [2.24, 2.45) is 11.3 Å². The van der Waals surface area contributed by atoms with Gasteiger partial charge in [-0.05, 0) is 20.3 Å². The summed E-state index contributed by atoms with van der Waals surface area (Å²) in [6.07, 6.45) is 1.64. The maximum atomic E-state index is 12.0. The molecule has 4 heteroatoms. The molecule has 0 N–H and O–H groups in total. The van der Waals surface area contributed by atoms with Crippen LogP contribution >= 0.6 is 0 Å². The number of likely N-dealkylation sites (tertiary alicyclic amines) is 1. The molecule has 1 atom stereocenters. The molecule has 0 aromatic carbocycles. The number of hydrogen-bond donors (Lipinski definition) is 0. The number of aldehydes is 1. The normalized spacial score (nSPS) is 22.2. The van der Waals surface area contributed by atoms with Crippen LogP contribution in [0.3, 0.4) is 0 Å². The molecular weight excluding hydrogens is 218 g/mol. The van der Waals surface area contributed by atoms with Crippen molar-refractivity contribution in [3.8, 4) is 0 Å². The molecule has 0 aliphatic carbocycles. The monoisotopic (exact) mass is 239 g/mol. The van der Waals surface area contributed by atoms with Gasteiger partial charge in [0.25, 0.3) is 0 Å². The average molecular weight is 239 g/mol. The third kappa shape index (κ3) is 2.73. The molecule has 1 saturated heterocycles. The number of amides is 2. The Morgan fingerprint density at radius 2 is 1.82 bits per heavy atom. The van der Waals surface area contributed by atoms with Crippen molar-refractivity contribution < 1.29 is 14.4 Å². The minimum atomic E-state index is -0.608. The predicted molar refractivity (Wildman–Crippen MR) is 64.2 cm³/mol. The Kier molecular flexibility index (Phi) is 3.46. The lowest BCUT2D eigenvalue weighted by molar-refractivity contribution is -0.147. The SMILES string of the molecule is CC1CC(=O)N(C(C)(C)CC(C)(C)C=O)C1=O. The third-order valence-corrected chi connectivity index (χ3v) is 3.18. The first-order valence-corrected chi connectivity index (χ1v) is 5.94. The van der Waals surface area contributed by atoms with Gasteiger partial charge in [-0.15, -0.1) is 0 Å². The number of carbonyl (C=O) groups excluding carboxylic acids is 3. The molecule has 0 saturated carbocycles. The first kappa shape index (κ1) is 13.9. The van der Waals surface area contributed by atoms with Crippen molar-refractivity contribution in [3.05, 3.63) is 0 Å². The molecule has 1 unspecified atom stereocenters. The van der Waals surface area contributed by atoms with E-state index in [9.17, 15) is 14.4 Å². The second-order valence-electron chi connectivity index (χ2n) is 6.27. The lowest BCUT2D eigenvalue weighted by Crippen LogP contribution is -2.50. The maximum absolute atomic E-state index is 12.0. The fourth-order valence-electron chi connectivity index (χ4n) is 2.66. The predicted octanol–water partition coefficient (Wildman–Crippen LogP) is 1.78. The lowest BCUT2D eigenvalue weighted by atomic mass is 9.80. The minimum absolute atomic E-state index is 0.123. The highest BCUT2D eigenvalue weighted by Crippen LogP contribution is 2.34. The summed E-state index contributed by atoms with van der Waals surface area (Å²) in [5.74, 6) is -0.489. The third-order valence-electron chi connectivity index (χ3n) is 3.18. The highest BCUT2D eigenvalue weighted by atomic mass is 16.2. The molecule has 1 fully saturated rings.